The van der Waals surface area contributed by atoms with E-state index in [0.717, 1.165) is 30.9 Å². The largest absolute Gasteiger partial charge is 0.326 e. The van der Waals surface area contributed by atoms with Gasteiger partial charge in [-0.2, -0.15) is 0 Å². The van der Waals surface area contributed by atoms with Gasteiger partial charge in [-0.15, -0.1) is 0 Å². The zero-order valence-electron chi connectivity index (χ0n) is 14.7. The quantitative estimate of drug-likeness (QED) is 0.634. The molecule has 0 aliphatic carbocycles. The van der Waals surface area contributed by atoms with E-state index in [9.17, 15) is 14.9 Å². The molecule has 2 aromatic rings. The molecule has 0 spiro atoms. The molecule has 1 N–H and O–H groups in total. The number of hydrogen-bond donors (Lipinski definition) is 1. The Bertz CT molecular complexity index is 768. The van der Waals surface area contributed by atoms with Crippen molar-refractivity contribution in [3.05, 3.63) is 69.8 Å². The van der Waals surface area contributed by atoms with Crippen molar-refractivity contribution in [2.45, 2.75) is 32.2 Å². The number of nitro groups is 1. The van der Waals surface area contributed by atoms with Crippen LogP contribution >= 0.6 is 0 Å². The Labute approximate surface area is 153 Å². The second kappa shape index (κ2) is 8.58. The van der Waals surface area contributed by atoms with Gasteiger partial charge in [0.15, 0.2) is 0 Å². The van der Waals surface area contributed by atoms with Crippen LogP contribution in [0.2, 0.25) is 0 Å². The molecule has 6 heteroatoms. The van der Waals surface area contributed by atoms with Crippen molar-refractivity contribution in [1.82, 2.24) is 4.90 Å². The van der Waals surface area contributed by atoms with E-state index < -0.39 is 4.92 Å². The SMILES string of the molecule is O=C(Cc1ccc([N+](=O)[O-])cc1)Nc1cccc(CN2CCCCC2)c1. The summed E-state index contributed by atoms with van der Waals surface area (Å²) in [5.74, 6) is -0.131. The first-order valence-corrected chi connectivity index (χ1v) is 8.94. The zero-order valence-corrected chi connectivity index (χ0v) is 14.7. The summed E-state index contributed by atoms with van der Waals surface area (Å²) in [5, 5.41) is 13.6. The molecule has 2 aromatic carbocycles. The maximum Gasteiger partial charge on any atom is 0.269 e. The van der Waals surface area contributed by atoms with Crippen LogP contribution in [0.15, 0.2) is 48.5 Å². The molecule has 6 nitrogen and oxygen atoms in total. The Kier molecular flexibility index (Phi) is 5.96. The Morgan fingerprint density at radius 1 is 1.04 bits per heavy atom. The number of carbonyl (C=O) groups is 1. The molecule has 136 valence electrons. The number of rotatable bonds is 6. The molecule has 0 radical (unpaired) electrons. The smallest absolute Gasteiger partial charge is 0.269 e. The number of nitrogens with one attached hydrogen (secondary N) is 1. The molecule has 0 bridgehead atoms. The van der Waals surface area contributed by atoms with Gasteiger partial charge in [-0.05, 0) is 49.2 Å². The Balaban J connectivity index is 1.56. The van der Waals surface area contributed by atoms with E-state index in [4.69, 9.17) is 0 Å². The molecule has 1 heterocycles. The molecule has 1 aliphatic heterocycles. The number of anilines is 1. The highest BCUT2D eigenvalue weighted by atomic mass is 16.6. The van der Waals surface area contributed by atoms with Crippen LogP contribution in [0.25, 0.3) is 0 Å². The van der Waals surface area contributed by atoms with Crippen LogP contribution in [0.1, 0.15) is 30.4 Å². The van der Waals surface area contributed by atoms with E-state index in [0.29, 0.717) is 0 Å². The van der Waals surface area contributed by atoms with Gasteiger partial charge in [0.05, 0.1) is 11.3 Å². The van der Waals surface area contributed by atoms with Crippen LogP contribution in [-0.4, -0.2) is 28.8 Å². The van der Waals surface area contributed by atoms with Crippen LogP contribution in [0.5, 0.6) is 0 Å². The molecule has 1 amide bonds. The maximum absolute atomic E-state index is 12.2. The van der Waals surface area contributed by atoms with Crippen LogP contribution in [-0.2, 0) is 17.8 Å². The highest BCUT2D eigenvalue weighted by Crippen LogP contribution is 2.17. The van der Waals surface area contributed by atoms with E-state index >= 15 is 0 Å². The fourth-order valence-electron chi connectivity index (χ4n) is 3.25. The van der Waals surface area contributed by atoms with E-state index in [1.54, 1.807) is 12.1 Å². The predicted molar refractivity (Wildman–Crippen MR) is 101 cm³/mol. The average Bonchev–Trinajstić information content (AvgIpc) is 2.63. The lowest BCUT2D eigenvalue weighted by atomic mass is 10.1. The minimum absolute atomic E-state index is 0.0274. The van der Waals surface area contributed by atoms with Crippen molar-refractivity contribution in [1.29, 1.82) is 0 Å². The summed E-state index contributed by atoms with van der Waals surface area (Å²) < 4.78 is 0. The minimum Gasteiger partial charge on any atom is -0.326 e. The first-order valence-electron chi connectivity index (χ1n) is 8.94. The summed E-state index contributed by atoms with van der Waals surface area (Å²) in [6, 6.07) is 14.0. The molecule has 1 fully saturated rings. The first kappa shape index (κ1) is 18.1. The summed E-state index contributed by atoms with van der Waals surface area (Å²) in [5.41, 5.74) is 2.75. The predicted octanol–water partition coefficient (Wildman–Crippen LogP) is 3.76. The summed E-state index contributed by atoms with van der Waals surface area (Å²) >= 11 is 0. The summed E-state index contributed by atoms with van der Waals surface area (Å²) in [6.07, 6.45) is 4.01. The molecular formula is C20H23N3O3. The maximum atomic E-state index is 12.2. The molecule has 0 saturated carbocycles. The Hall–Kier alpha value is -2.73. The van der Waals surface area contributed by atoms with Crippen molar-refractivity contribution in [2.24, 2.45) is 0 Å². The van der Waals surface area contributed by atoms with Gasteiger partial charge in [0.25, 0.3) is 5.69 Å². The van der Waals surface area contributed by atoms with Gasteiger partial charge >= 0.3 is 0 Å². The summed E-state index contributed by atoms with van der Waals surface area (Å²) in [7, 11) is 0. The zero-order chi connectivity index (χ0) is 18.4. The third kappa shape index (κ3) is 5.13. The number of nitrogens with zero attached hydrogens (tertiary/aromatic N) is 2. The minimum atomic E-state index is -0.447. The number of carbonyl (C=O) groups excluding carboxylic acids is 1. The number of piperidine rings is 1. The summed E-state index contributed by atoms with van der Waals surface area (Å²) in [6.45, 7) is 3.18. The van der Waals surface area contributed by atoms with Gasteiger partial charge in [0, 0.05) is 24.4 Å². The highest BCUT2D eigenvalue weighted by molar-refractivity contribution is 5.92. The molecule has 0 atom stereocenters. The second-order valence-electron chi connectivity index (χ2n) is 6.69. The lowest BCUT2D eigenvalue weighted by molar-refractivity contribution is -0.384. The molecule has 26 heavy (non-hydrogen) atoms. The molecule has 3 rings (SSSR count). The Morgan fingerprint density at radius 2 is 1.77 bits per heavy atom. The lowest BCUT2D eigenvalue weighted by Crippen LogP contribution is -2.29. The van der Waals surface area contributed by atoms with Crippen molar-refractivity contribution in [2.75, 3.05) is 18.4 Å². The number of amides is 1. The third-order valence-corrected chi connectivity index (χ3v) is 4.58. The van der Waals surface area contributed by atoms with Crippen LogP contribution in [0, 0.1) is 10.1 Å². The number of non-ortho nitro benzene ring substituents is 1. The summed E-state index contributed by atoms with van der Waals surface area (Å²) in [4.78, 5) is 24.9. The van der Waals surface area contributed by atoms with Gasteiger partial charge in [0.1, 0.15) is 0 Å². The molecule has 1 saturated heterocycles. The van der Waals surface area contributed by atoms with E-state index in [2.05, 4.69) is 16.3 Å². The lowest BCUT2D eigenvalue weighted by Gasteiger charge is -2.26. The van der Waals surface area contributed by atoms with Crippen LogP contribution < -0.4 is 5.32 Å². The molecule has 1 aliphatic rings. The molecular weight excluding hydrogens is 330 g/mol. The normalized spacial score (nSPS) is 14.8. The number of likely N-dealkylation sites (tertiary alicyclic amines) is 1. The van der Waals surface area contributed by atoms with Gasteiger partial charge in [-0.3, -0.25) is 19.8 Å². The third-order valence-electron chi connectivity index (χ3n) is 4.58. The van der Waals surface area contributed by atoms with Gasteiger partial charge < -0.3 is 5.32 Å². The monoisotopic (exact) mass is 353 g/mol. The van der Waals surface area contributed by atoms with Crippen LogP contribution in [0.3, 0.4) is 0 Å². The molecule has 0 aromatic heterocycles. The number of nitro benzene ring substituents is 1. The number of benzene rings is 2. The standard InChI is InChI=1S/C20H23N3O3/c24-20(14-16-7-9-19(10-8-16)23(25)26)21-18-6-4-5-17(13-18)15-22-11-2-1-3-12-22/h4-10,13H,1-3,11-12,14-15H2,(H,21,24). The van der Waals surface area contributed by atoms with E-state index in [-0.39, 0.29) is 18.0 Å². The second-order valence-corrected chi connectivity index (χ2v) is 6.69. The van der Waals surface area contributed by atoms with Crippen molar-refractivity contribution in [3.8, 4) is 0 Å². The fraction of sp³-hybridized carbons (Fsp3) is 0.350. The van der Waals surface area contributed by atoms with Crippen LogP contribution in [0.4, 0.5) is 11.4 Å². The van der Waals surface area contributed by atoms with Crippen molar-refractivity contribution >= 4 is 17.3 Å². The highest BCUT2D eigenvalue weighted by Gasteiger charge is 2.11. The van der Waals surface area contributed by atoms with E-state index in [1.165, 1.54) is 37.0 Å². The van der Waals surface area contributed by atoms with Gasteiger partial charge in [-0.25, -0.2) is 0 Å². The van der Waals surface area contributed by atoms with Crippen molar-refractivity contribution in [3.63, 3.8) is 0 Å². The number of hydrogen-bond acceptors (Lipinski definition) is 4. The fourth-order valence-corrected chi connectivity index (χ4v) is 3.25. The average molecular weight is 353 g/mol. The molecule has 0 unspecified atom stereocenters. The first-order chi connectivity index (χ1) is 12.6. The topological polar surface area (TPSA) is 75.5 Å². The van der Waals surface area contributed by atoms with Crippen molar-refractivity contribution < 1.29 is 9.72 Å². The van der Waals surface area contributed by atoms with Gasteiger partial charge in [0.2, 0.25) is 5.91 Å². The van der Waals surface area contributed by atoms with Gasteiger partial charge in [-0.1, -0.05) is 30.7 Å². The van der Waals surface area contributed by atoms with E-state index in [1.807, 2.05) is 18.2 Å². The Morgan fingerprint density at radius 3 is 2.46 bits per heavy atom.